The Hall–Kier alpha value is -1.10. The Balaban J connectivity index is 2.02. The fourth-order valence-electron chi connectivity index (χ4n) is 2.98. The van der Waals surface area contributed by atoms with Crippen molar-refractivity contribution in [3.63, 3.8) is 0 Å². The highest BCUT2D eigenvalue weighted by molar-refractivity contribution is 5.37. The lowest BCUT2D eigenvalue weighted by Gasteiger charge is -2.24. The number of ether oxygens (including phenoxy) is 3. The van der Waals surface area contributed by atoms with Gasteiger partial charge in [0, 0.05) is 31.9 Å². The maximum absolute atomic E-state index is 5.60. The van der Waals surface area contributed by atoms with Crippen LogP contribution < -0.4 is 4.74 Å². The van der Waals surface area contributed by atoms with E-state index in [0.717, 1.165) is 37.6 Å². The van der Waals surface area contributed by atoms with Crippen molar-refractivity contribution >= 4 is 0 Å². The molecule has 1 aliphatic rings. The van der Waals surface area contributed by atoms with Crippen molar-refractivity contribution in [1.82, 2.24) is 4.90 Å². The van der Waals surface area contributed by atoms with Gasteiger partial charge in [0.25, 0.3) is 0 Å². The number of nitrogens with zero attached hydrogens (tertiary/aromatic N) is 1. The average molecular weight is 293 g/mol. The van der Waals surface area contributed by atoms with E-state index in [1.165, 1.54) is 18.4 Å². The van der Waals surface area contributed by atoms with Gasteiger partial charge in [0.2, 0.25) is 0 Å². The molecule has 0 spiro atoms. The Kier molecular flexibility index (Phi) is 6.49. The lowest BCUT2D eigenvalue weighted by molar-refractivity contribution is 0.0823. The predicted molar refractivity (Wildman–Crippen MR) is 83.6 cm³/mol. The second-order valence-electron chi connectivity index (χ2n) is 5.51. The van der Waals surface area contributed by atoms with Gasteiger partial charge in [-0.1, -0.05) is 6.07 Å². The molecule has 1 heterocycles. The van der Waals surface area contributed by atoms with E-state index < -0.39 is 0 Å². The van der Waals surface area contributed by atoms with E-state index in [0.29, 0.717) is 12.6 Å². The molecule has 1 aromatic rings. The molecule has 4 nitrogen and oxygen atoms in total. The van der Waals surface area contributed by atoms with Crippen molar-refractivity contribution in [1.29, 1.82) is 0 Å². The second kappa shape index (κ2) is 8.37. The van der Waals surface area contributed by atoms with Crippen LogP contribution in [0.1, 0.15) is 30.9 Å². The van der Waals surface area contributed by atoms with Crippen molar-refractivity contribution < 1.29 is 14.2 Å². The van der Waals surface area contributed by atoms with Crippen molar-refractivity contribution in [3.8, 4) is 5.75 Å². The van der Waals surface area contributed by atoms with E-state index >= 15 is 0 Å². The molecule has 1 saturated heterocycles. The first kappa shape index (κ1) is 16.3. The Labute approximate surface area is 128 Å². The molecule has 0 saturated carbocycles. The minimum Gasteiger partial charge on any atom is -0.496 e. The third-order valence-corrected chi connectivity index (χ3v) is 4.04. The zero-order valence-corrected chi connectivity index (χ0v) is 13.4. The molecule has 2 rings (SSSR count). The van der Waals surface area contributed by atoms with Crippen molar-refractivity contribution in [3.05, 3.63) is 29.3 Å². The van der Waals surface area contributed by atoms with Gasteiger partial charge in [-0.2, -0.15) is 0 Å². The minimum atomic E-state index is 0.554. The number of rotatable bonds is 8. The summed E-state index contributed by atoms with van der Waals surface area (Å²) < 4.78 is 16.2. The van der Waals surface area contributed by atoms with Gasteiger partial charge in [-0.3, -0.25) is 4.90 Å². The summed E-state index contributed by atoms with van der Waals surface area (Å²) in [7, 11) is 3.41. The van der Waals surface area contributed by atoms with Crippen LogP contribution in [0.5, 0.6) is 5.75 Å². The molecule has 4 heteroatoms. The number of likely N-dealkylation sites (tertiary alicyclic amines) is 1. The molecule has 118 valence electrons. The summed E-state index contributed by atoms with van der Waals surface area (Å²) in [5, 5.41) is 0. The van der Waals surface area contributed by atoms with Crippen LogP contribution in [-0.2, 0) is 22.6 Å². The molecule has 0 unspecified atom stereocenters. The molecule has 0 N–H and O–H groups in total. The summed E-state index contributed by atoms with van der Waals surface area (Å²) in [6, 6.07) is 6.93. The lowest BCUT2D eigenvalue weighted by Crippen LogP contribution is -2.32. The first-order valence-electron chi connectivity index (χ1n) is 7.75. The topological polar surface area (TPSA) is 30.9 Å². The Morgan fingerprint density at radius 3 is 2.86 bits per heavy atom. The maximum atomic E-state index is 5.60. The average Bonchev–Trinajstić information content (AvgIpc) is 2.93. The van der Waals surface area contributed by atoms with Crippen molar-refractivity contribution in [2.45, 2.75) is 39.0 Å². The third-order valence-electron chi connectivity index (χ3n) is 4.04. The summed E-state index contributed by atoms with van der Waals surface area (Å²) in [5.74, 6) is 0.896. The van der Waals surface area contributed by atoms with E-state index in [1.54, 1.807) is 14.2 Å². The monoisotopic (exact) mass is 293 g/mol. The predicted octanol–water partition coefficient (Wildman–Crippen LogP) is 2.84. The van der Waals surface area contributed by atoms with Gasteiger partial charge in [-0.15, -0.1) is 0 Å². The second-order valence-corrected chi connectivity index (χ2v) is 5.51. The van der Waals surface area contributed by atoms with Crippen molar-refractivity contribution in [2.75, 3.05) is 34.0 Å². The summed E-state index contributed by atoms with van der Waals surface area (Å²) in [6.07, 6.45) is 2.50. The summed E-state index contributed by atoms with van der Waals surface area (Å²) >= 11 is 0. The standard InChI is InChI=1S/C17H27NO3/c1-4-21-13-16-6-5-9-18(16)11-14-7-8-17(20-3)15(10-14)12-19-2/h7-8,10,16H,4-6,9,11-13H2,1-3H3/t16-/m1/s1. The van der Waals surface area contributed by atoms with E-state index in [-0.39, 0.29) is 0 Å². The highest BCUT2D eigenvalue weighted by atomic mass is 16.5. The Bertz CT molecular complexity index is 436. The molecule has 0 amide bonds. The zero-order valence-electron chi connectivity index (χ0n) is 13.4. The van der Waals surface area contributed by atoms with Gasteiger partial charge in [0.05, 0.1) is 20.3 Å². The fraction of sp³-hybridized carbons (Fsp3) is 0.647. The van der Waals surface area contributed by atoms with Crippen LogP contribution >= 0.6 is 0 Å². The first-order chi connectivity index (χ1) is 10.3. The highest BCUT2D eigenvalue weighted by Gasteiger charge is 2.24. The van der Waals surface area contributed by atoms with Crippen LogP contribution in [0.2, 0.25) is 0 Å². The van der Waals surface area contributed by atoms with Crippen LogP contribution in [0.3, 0.4) is 0 Å². The molecular weight excluding hydrogens is 266 g/mol. The molecule has 0 aliphatic carbocycles. The van der Waals surface area contributed by atoms with Gasteiger partial charge in [0.15, 0.2) is 0 Å². The molecule has 1 aliphatic heterocycles. The quantitative estimate of drug-likeness (QED) is 0.737. The molecule has 0 radical (unpaired) electrons. The van der Waals surface area contributed by atoms with Crippen molar-refractivity contribution in [2.24, 2.45) is 0 Å². The molecule has 21 heavy (non-hydrogen) atoms. The van der Waals surface area contributed by atoms with Gasteiger partial charge in [0.1, 0.15) is 5.75 Å². The number of benzene rings is 1. The Morgan fingerprint density at radius 1 is 1.29 bits per heavy atom. The van der Waals surface area contributed by atoms with E-state index in [9.17, 15) is 0 Å². The number of methoxy groups -OCH3 is 2. The lowest BCUT2D eigenvalue weighted by atomic mass is 10.1. The molecule has 1 fully saturated rings. The van der Waals surface area contributed by atoms with Crippen LogP contribution in [-0.4, -0.2) is 44.9 Å². The van der Waals surface area contributed by atoms with E-state index in [2.05, 4.69) is 24.0 Å². The van der Waals surface area contributed by atoms with Crippen LogP contribution in [0, 0.1) is 0 Å². The third kappa shape index (κ3) is 4.43. The van der Waals surface area contributed by atoms with Crippen LogP contribution in [0.4, 0.5) is 0 Å². The molecule has 1 aromatic carbocycles. The largest absolute Gasteiger partial charge is 0.496 e. The SMILES string of the molecule is CCOC[C@H]1CCCN1Cc1ccc(OC)c(COC)c1. The summed E-state index contributed by atoms with van der Waals surface area (Å²) in [5.41, 5.74) is 2.42. The number of hydrogen-bond donors (Lipinski definition) is 0. The van der Waals surface area contributed by atoms with Gasteiger partial charge >= 0.3 is 0 Å². The van der Waals surface area contributed by atoms with Gasteiger partial charge in [-0.25, -0.2) is 0 Å². The van der Waals surface area contributed by atoms with Gasteiger partial charge < -0.3 is 14.2 Å². The zero-order chi connectivity index (χ0) is 15.1. The smallest absolute Gasteiger partial charge is 0.124 e. The first-order valence-corrected chi connectivity index (χ1v) is 7.75. The molecule has 0 aromatic heterocycles. The normalized spacial score (nSPS) is 19.1. The number of hydrogen-bond acceptors (Lipinski definition) is 4. The van der Waals surface area contributed by atoms with Gasteiger partial charge in [-0.05, 0) is 44.0 Å². The van der Waals surface area contributed by atoms with Crippen LogP contribution in [0.15, 0.2) is 18.2 Å². The molecule has 0 bridgehead atoms. The van der Waals surface area contributed by atoms with E-state index in [1.807, 2.05) is 6.07 Å². The summed E-state index contributed by atoms with van der Waals surface area (Å²) in [6.45, 7) is 6.41. The molecule has 1 atom stereocenters. The van der Waals surface area contributed by atoms with Crippen LogP contribution in [0.25, 0.3) is 0 Å². The highest BCUT2D eigenvalue weighted by Crippen LogP contribution is 2.24. The van der Waals surface area contributed by atoms with E-state index in [4.69, 9.17) is 14.2 Å². The molecular formula is C17H27NO3. The Morgan fingerprint density at radius 2 is 2.14 bits per heavy atom. The fourth-order valence-corrected chi connectivity index (χ4v) is 2.98. The minimum absolute atomic E-state index is 0.554. The summed E-state index contributed by atoms with van der Waals surface area (Å²) in [4.78, 5) is 2.52. The maximum Gasteiger partial charge on any atom is 0.124 e.